The SMILES string of the molecule is CC[C@@H](C)Nc1ccc(C(=O)O)cc1S(=O)(=O)NC1CCCCCC1. The summed E-state index contributed by atoms with van der Waals surface area (Å²) in [5.41, 5.74) is 0.413. The average molecular weight is 368 g/mol. The molecule has 6 nitrogen and oxygen atoms in total. The Kier molecular flexibility index (Phi) is 6.84. The third-order valence-electron chi connectivity index (χ3n) is 4.71. The summed E-state index contributed by atoms with van der Waals surface area (Å²) in [5.74, 6) is -1.14. The Bertz CT molecular complexity index is 695. The van der Waals surface area contributed by atoms with Gasteiger partial charge in [-0.1, -0.05) is 32.6 Å². The van der Waals surface area contributed by atoms with Crippen molar-refractivity contribution in [3.63, 3.8) is 0 Å². The second-order valence-corrected chi connectivity index (χ2v) is 8.46. The van der Waals surface area contributed by atoms with E-state index in [0.29, 0.717) is 5.69 Å². The number of sulfonamides is 1. The lowest BCUT2D eigenvalue weighted by atomic mass is 10.1. The van der Waals surface area contributed by atoms with Crippen LogP contribution in [0.1, 0.15) is 69.2 Å². The molecule has 0 heterocycles. The number of benzene rings is 1. The number of carboxylic acid groups (broad SMARTS) is 1. The van der Waals surface area contributed by atoms with Crippen LogP contribution in [-0.4, -0.2) is 31.6 Å². The van der Waals surface area contributed by atoms with E-state index in [9.17, 15) is 18.3 Å². The minimum absolute atomic E-state index is 0.0111. The second-order valence-electron chi connectivity index (χ2n) is 6.78. The molecule has 0 saturated heterocycles. The van der Waals surface area contributed by atoms with E-state index in [4.69, 9.17) is 0 Å². The lowest BCUT2D eigenvalue weighted by Gasteiger charge is -2.20. The Morgan fingerprint density at radius 3 is 2.44 bits per heavy atom. The molecule has 0 unspecified atom stereocenters. The van der Waals surface area contributed by atoms with Gasteiger partial charge in [-0.2, -0.15) is 0 Å². The van der Waals surface area contributed by atoms with E-state index in [1.807, 2.05) is 13.8 Å². The molecule has 1 saturated carbocycles. The molecule has 140 valence electrons. The molecule has 1 fully saturated rings. The highest BCUT2D eigenvalue weighted by Gasteiger charge is 2.25. The van der Waals surface area contributed by atoms with Crippen molar-refractivity contribution < 1.29 is 18.3 Å². The Hall–Kier alpha value is -1.60. The summed E-state index contributed by atoms with van der Waals surface area (Å²) in [5, 5.41) is 12.4. The summed E-state index contributed by atoms with van der Waals surface area (Å²) in [6, 6.07) is 4.21. The first-order valence-electron chi connectivity index (χ1n) is 8.99. The number of hydrogen-bond acceptors (Lipinski definition) is 4. The van der Waals surface area contributed by atoms with E-state index in [1.54, 1.807) is 0 Å². The minimum atomic E-state index is -3.79. The van der Waals surface area contributed by atoms with Crippen LogP contribution in [0.4, 0.5) is 5.69 Å². The van der Waals surface area contributed by atoms with Gasteiger partial charge in [0.25, 0.3) is 0 Å². The zero-order valence-corrected chi connectivity index (χ0v) is 15.7. The van der Waals surface area contributed by atoms with Gasteiger partial charge < -0.3 is 10.4 Å². The zero-order valence-electron chi connectivity index (χ0n) is 14.9. The molecule has 7 heteroatoms. The fraction of sp³-hybridized carbons (Fsp3) is 0.611. The molecule has 0 aliphatic heterocycles. The number of anilines is 1. The van der Waals surface area contributed by atoms with Crippen LogP contribution in [-0.2, 0) is 10.0 Å². The number of carboxylic acids is 1. The molecule has 25 heavy (non-hydrogen) atoms. The predicted molar refractivity (Wildman–Crippen MR) is 98.6 cm³/mol. The highest BCUT2D eigenvalue weighted by Crippen LogP contribution is 2.26. The summed E-state index contributed by atoms with van der Waals surface area (Å²) in [6.45, 7) is 3.96. The van der Waals surface area contributed by atoms with Crippen LogP contribution in [0.25, 0.3) is 0 Å². The largest absolute Gasteiger partial charge is 0.478 e. The Labute approximate surface area is 150 Å². The van der Waals surface area contributed by atoms with E-state index in [0.717, 1.165) is 44.9 Å². The van der Waals surface area contributed by atoms with E-state index < -0.39 is 16.0 Å². The molecule has 0 radical (unpaired) electrons. The zero-order chi connectivity index (χ0) is 18.4. The summed E-state index contributed by atoms with van der Waals surface area (Å²) in [7, 11) is -3.79. The summed E-state index contributed by atoms with van der Waals surface area (Å²) in [4.78, 5) is 11.3. The molecule has 1 aromatic rings. The van der Waals surface area contributed by atoms with Crippen molar-refractivity contribution in [2.75, 3.05) is 5.32 Å². The maximum Gasteiger partial charge on any atom is 0.335 e. The van der Waals surface area contributed by atoms with Crippen molar-refractivity contribution >= 4 is 21.7 Å². The van der Waals surface area contributed by atoms with Crippen molar-refractivity contribution in [2.24, 2.45) is 0 Å². The van der Waals surface area contributed by atoms with Crippen molar-refractivity contribution in [2.45, 2.75) is 75.8 Å². The van der Waals surface area contributed by atoms with Gasteiger partial charge in [0.1, 0.15) is 4.90 Å². The maximum atomic E-state index is 12.9. The molecule has 3 N–H and O–H groups in total. The van der Waals surface area contributed by atoms with Gasteiger partial charge in [0.2, 0.25) is 10.0 Å². The third kappa shape index (κ3) is 5.44. The van der Waals surface area contributed by atoms with Crippen molar-refractivity contribution in [1.82, 2.24) is 4.72 Å². The van der Waals surface area contributed by atoms with Crippen molar-refractivity contribution in [3.8, 4) is 0 Å². The van der Waals surface area contributed by atoms with Crippen LogP contribution in [0.3, 0.4) is 0 Å². The van der Waals surface area contributed by atoms with Gasteiger partial charge in [-0.3, -0.25) is 0 Å². The first-order valence-corrected chi connectivity index (χ1v) is 10.5. The number of aromatic carboxylic acids is 1. The highest BCUT2D eigenvalue weighted by atomic mass is 32.2. The van der Waals surface area contributed by atoms with E-state index in [2.05, 4.69) is 10.0 Å². The topological polar surface area (TPSA) is 95.5 Å². The van der Waals surface area contributed by atoms with Crippen LogP contribution in [0, 0.1) is 0 Å². The molecule has 1 aromatic carbocycles. The molecule has 0 aromatic heterocycles. The van der Waals surface area contributed by atoms with Crippen molar-refractivity contribution in [1.29, 1.82) is 0 Å². The van der Waals surface area contributed by atoms with Gasteiger partial charge in [-0.05, 0) is 44.4 Å². The standard InChI is InChI=1S/C18H28N2O4S/c1-3-13(2)19-16-11-10-14(18(21)22)12-17(16)25(23,24)20-15-8-6-4-5-7-9-15/h10-13,15,19-20H,3-9H2,1-2H3,(H,21,22)/t13-/m1/s1. The first-order chi connectivity index (χ1) is 11.8. The van der Waals surface area contributed by atoms with E-state index in [1.165, 1.54) is 18.2 Å². The molecule has 2 rings (SSSR count). The van der Waals surface area contributed by atoms with Gasteiger partial charge in [0.15, 0.2) is 0 Å². The fourth-order valence-electron chi connectivity index (χ4n) is 3.04. The molecular formula is C18H28N2O4S. The van der Waals surface area contributed by atoms with Gasteiger partial charge in [-0.25, -0.2) is 17.9 Å². The molecule has 0 spiro atoms. The van der Waals surface area contributed by atoms with Gasteiger partial charge in [0.05, 0.1) is 11.3 Å². The Balaban J connectivity index is 2.34. The Morgan fingerprint density at radius 2 is 1.88 bits per heavy atom. The molecular weight excluding hydrogens is 340 g/mol. The number of nitrogens with one attached hydrogen (secondary N) is 2. The monoisotopic (exact) mass is 368 g/mol. The van der Waals surface area contributed by atoms with Gasteiger partial charge in [-0.15, -0.1) is 0 Å². The molecule has 1 atom stereocenters. The highest BCUT2D eigenvalue weighted by molar-refractivity contribution is 7.89. The van der Waals surface area contributed by atoms with Crippen LogP contribution in [0.5, 0.6) is 0 Å². The number of carbonyl (C=O) groups is 1. The molecule has 0 amide bonds. The van der Waals surface area contributed by atoms with Gasteiger partial charge in [0, 0.05) is 12.1 Å². The smallest absolute Gasteiger partial charge is 0.335 e. The second kappa shape index (κ2) is 8.67. The van der Waals surface area contributed by atoms with Crippen LogP contribution in [0.15, 0.2) is 23.1 Å². The van der Waals surface area contributed by atoms with Crippen LogP contribution >= 0.6 is 0 Å². The molecule has 1 aliphatic rings. The number of rotatable bonds is 7. The Morgan fingerprint density at radius 1 is 1.24 bits per heavy atom. The first kappa shape index (κ1) is 19.7. The van der Waals surface area contributed by atoms with Gasteiger partial charge >= 0.3 is 5.97 Å². The fourth-order valence-corrected chi connectivity index (χ4v) is 4.54. The number of hydrogen-bond donors (Lipinski definition) is 3. The lowest BCUT2D eigenvalue weighted by Crippen LogP contribution is -2.35. The minimum Gasteiger partial charge on any atom is -0.478 e. The normalized spacial score (nSPS) is 17.7. The summed E-state index contributed by atoms with van der Waals surface area (Å²) >= 11 is 0. The average Bonchev–Trinajstić information content (AvgIpc) is 2.82. The lowest BCUT2D eigenvalue weighted by molar-refractivity contribution is 0.0696. The maximum absolute atomic E-state index is 12.9. The third-order valence-corrected chi connectivity index (χ3v) is 6.27. The van der Waals surface area contributed by atoms with Crippen LogP contribution < -0.4 is 10.0 Å². The quantitative estimate of drug-likeness (QED) is 0.639. The molecule has 0 bridgehead atoms. The summed E-state index contributed by atoms with van der Waals surface area (Å²) < 4.78 is 28.7. The molecule has 1 aliphatic carbocycles. The summed E-state index contributed by atoms with van der Waals surface area (Å²) in [6.07, 6.45) is 6.77. The van der Waals surface area contributed by atoms with Crippen molar-refractivity contribution in [3.05, 3.63) is 23.8 Å². The predicted octanol–water partition coefficient (Wildman–Crippen LogP) is 3.60. The van der Waals surface area contributed by atoms with E-state index in [-0.39, 0.29) is 22.5 Å². The van der Waals surface area contributed by atoms with Crippen LogP contribution in [0.2, 0.25) is 0 Å². The van der Waals surface area contributed by atoms with E-state index >= 15 is 0 Å².